The Morgan fingerprint density at radius 3 is 2.61 bits per heavy atom. The van der Waals surface area contributed by atoms with Crippen LogP contribution in [0.3, 0.4) is 0 Å². The molecule has 0 fully saturated rings. The number of rotatable bonds is 5. The van der Waals surface area contributed by atoms with E-state index in [-0.39, 0.29) is 24.9 Å². The maximum absolute atomic E-state index is 12.8. The third-order valence-corrected chi connectivity index (χ3v) is 2.17. The summed E-state index contributed by atoms with van der Waals surface area (Å²) in [6.45, 7) is 0.0830. The average molecular weight is 253 g/mol. The van der Waals surface area contributed by atoms with Gasteiger partial charge in [0.2, 0.25) is 11.8 Å². The average Bonchev–Trinajstić information content (AvgIpc) is 2.28. The number of hydrogen-bond acceptors (Lipinski definition) is 3. The summed E-state index contributed by atoms with van der Waals surface area (Å²) in [6.07, 6.45) is 0. The molecule has 98 valence electrons. The van der Waals surface area contributed by atoms with E-state index in [1.807, 2.05) is 0 Å². The molecule has 0 heterocycles. The Kier molecular flexibility index (Phi) is 5.26. The molecule has 0 saturated carbocycles. The van der Waals surface area contributed by atoms with Crippen LogP contribution in [0, 0.1) is 5.82 Å². The number of likely N-dealkylation sites (N-methyl/N-ethyl adjacent to an activating group) is 1. The number of carbonyl (C=O) groups excluding carboxylic acids is 2. The van der Waals surface area contributed by atoms with E-state index in [0.717, 1.165) is 0 Å². The van der Waals surface area contributed by atoms with E-state index in [0.29, 0.717) is 5.69 Å². The van der Waals surface area contributed by atoms with Crippen LogP contribution in [0.5, 0.6) is 0 Å². The van der Waals surface area contributed by atoms with Gasteiger partial charge in [-0.1, -0.05) is 6.07 Å². The zero-order chi connectivity index (χ0) is 13.5. The van der Waals surface area contributed by atoms with Gasteiger partial charge in [0, 0.05) is 19.8 Å². The van der Waals surface area contributed by atoms with Crippen LogP contribution in [0.15, 0.2) is 24.3 Å². The second-order valence-electron chi connectivity index (χ2n) is 3.95. The van der Waals surface area contributed by atoms with Gasteiger partial charge in [0.25, 0.3) is 0 Å². The SMILES string of the molecule is CN(C)C(=O)CNCC(=O)Nc1cccc(F)c1. The lowest BCUT2D eigenvalue weighted by Gasteiger charge is -2.11. The second-order valence-corrected chi connectivity index (χ2v) is 3.95. The summed E-state index contributed by atoms with van der Waals surface area (Å²) in [7, 11) is 3.27. The standard InChI is InChI=1S/C12H16FN3O2/c1-16(2)12(18)8-14-7-11(17)15-10-5-3-4-9(13)6-10/h3-6,14H,7-8H2,1-2H3,(H,15,17). The summed E-state index contributed by atoms with van der Waals surface area (Å²) < 4.78 is 12.8. The lowest BCUT2D eigenvalue weighted by molar-refractivity contribution is -0.127. The molecule has 0 spiro atoms. The molecule has 0 unspecified atom stereocenters. The summed E-state index contributed by atoms with van der Waals surface area (Å²) in [5.41, 5.74) is 0.390. The van der Waals surface area contributed by atoms with Crippen molar-refractivity contribution in [3.05, 3.63) is 30.1 Å². The summed E-state index contributed by atoms with van der Waals surface area (Å²) >= 11 is 0. The maximum atomic E-state index is 12.8. The zero-order valence-electron chi connectivity index (χ0n) is 10.4. The Bertz CT molecular complexity index is 435. The molecule has 0 bridgehead atoms. The molecule has 0 saturated heterocycles. The highest BCUT2D eigenvalue weighted by molar-refractivity contribution is 5.92. The number of nitrogens with one attached hydrogen (secondary N) is 2. The largest absolute Gasteiger partial charge is 0.348 e. The van der Waals surface area contributed by atoms with Crippen molar-refractivity contribution >= 4 is 17.5 Å². The number of nitrogens with zero attached hydrogens (tertiary/aromatic N) is 1. The van der Waals surface area contributed by atoms with Crippen LogP contribution < -0.4 is 10.6 Å². The number of halogens is 1. The molecule has 2 amide bonds. The van der Waals surface area contributed by atoms with Gasteiger partial charge < -0.3 is 10.2 Å². The van der Waals surface area contributed by atoms with Crippen LogP contribution in [0.25, 0.3) is 0 Å². The van der Waals surface area contributed by atoms with Crippen LogP contribution >= 0.6 is 0 Å². The molecule has 0 aliphatic heterocycles. The highest BCUT2D eigenvalue weighted by Gasteiger charge is 2.06. The minimum absolute atomic E-state index is 0.00388. The monoisotopic (exact) mass is 253 g/mol. The predicted octanol–water partition coefficient (Wildman–Crippen LogP) is 0.442. The van der Waals surface area contributed by atoms with Crippen LogP contribution in [-0.2, 0) is 9.59 Å². The van der Waals surface area contributed by atoms with Gasteiger partial charge in [-0.2, -0.15) is 0 Å². The minimum Gasteiger partial charge on any atom is -0.348 e. The van der Waals surface area contributed by atoms with E-state index in [9.17, 15) is 14.0 Å². The fourth-order valence-corrected chi connectivity index (χ4v) is 1.21. The molecular formula is C12H16FN3O2. The van der Waals surface area contributed by atoms with Gasteiger partial charge >= 0.3 is 0 Å². The first kappa shape index (κ1) is 14.1. The quantitative estimate of drug-likeness (QED) is 0.800. The van der Waals surface area contributed by atoms with E-state index >= 15 is 0 Å². The summed E-state index contributed by atoms with van der Waals surface area (Å²) in [6, 6.07) is 5.62. The molecule has 2 N–H and O–H groups in total. The molecule has 1 rings (SSSR count). The van der Waals surface area contributed by atoms with Gasteiger partial charge in [0.05, 0.1) is 13.1 Å². The number of anilines is 1. The molecule has 0 aromatic heterocycles. The second kappa shape index (κ2) is 6.70. The first-order valence-corrected chi connectivity index (χ1v) is 5.45. The molecular weight excluding hydrogens is 237 g/mol. The number of benzene rings is 1. The summed E-state index contributed by atoms with van der Waals surface area (Å²) in [5.74, 6) is -0.857. The van der Waals surface area contributed by atoms with Crippen LogP contribution in [-0.4, -0.2) is 43.9 Å². The van der Waals surface area contributed by atoms with E-state index < -0.39 is 5.82 Å². The fourth-order valence-electron chi connectivity index (χ4n) is 1.21. The van der Waals surface area contributed by atoms with Crippen molar-refractivity contribution in [2.24, 2.45) is 0 Å². The summed E-state index contributed by atoms with van der Waals surface area (Å²) in [5, 5.41) is 5.22. The first-order chi connectivity index (χ1) is 8.49. The molecule has 0 aliphatic carbocycles. The zero-order valence-corrected chi connectivity index (χ0v) is 10.4. The molecule has 6 heteroatoms. The molecule has 1 aromatic rings. The molecule has 0 aliphatic rings. The first-order valence-electron chi connectivity index (χ1n) is 5.45. The van der Waals surface area contributed by atoms with Gasteiger partial charge in [0.15, 0.2) is 0 Å². The lowest BCUT2D eigenvalue weighted by atomic mass is 10.3. The normalized spacial score (nSPS) is 9.94. The molecule has 18 heavy (non-hydrogen) atoms. The van der Waals surface area contributed by atoms with Crippen molar-refractivity contribution in [3.8, 4) is 0 Å². The van der Waals surface area contributed by atoms with E-state index in [4.69, 9.17) is 0 Å². The van der Waals surface area contributed by atoms with Gasteiger partial charge in [-0.15, -0.1) is 0 Å². The highest BCUT2D eigenvalue weighted by Crippen LogP contribution is 2.08. The Labute approximate surface area is 105 Å². The van der Waals surface area contributed by atoms with E-state index in [2.05, 4.69) is 10.6 Å². The number of hydrogen-bond donors (Lipinski definition) is 2. The smallest absolute Gasteiger partial charge is 0.238 e. The Morgan fingerprint density at radius 2 is 2.00 bits per heavy atom. The molecule has 0 atom stereocenters. The van der Waals surface area contributed by atoms with Crippen LogP contribution in [0.1, 0.15) is 0 Å². The number of carbonyl (C=O) groups is 2. The van der Waals surface area contributed by atoms with Crippen LogP contribution in [0.4, 0.5) is 10.1 Å². The predicted molar refractivity (Wildman–Crippen MR) is 66.6 cm³/mol. The molecule has 0 radical (unpaired) electrons. The topological polar surface area (TPSA) is 61.4 Å². The van der Waals surface area contributed by atoms with E-state index in [1.165, 1.54) is 23.1 Å². The van der Waals surface area contributed by atoms with Gasteiger partial charge in [-0.3, -0.25) is 14.9 Å². The minimum atomic E-state index is -0.413. The Morgan fingerprint density at radius 1 is 1.28 bits per heavy atom. The fraction of sp³-hybridized carbons (Fsp3) is 0.333. The molecule has 5 nitrogen and oxygen atoms in total. The van der Waals surface area contributed by atoms with Crippen molar-refractivity contribution in [2.75, 3.05) is 32.5 Å². The Hall–Kier alpha value is -1.95. The van der Waals surface area contributed by atoms with Gasteiger partial charge in [0.1, 0.15) is 5.82 Å². The van der Waals surface area contributed by atoms with Crippen LogP contribution in [0.2, 0.25) is 0 Å². The molecule has 1 aromatic carbocycles. The van der Waals surface area contributed by atoms with Crippen molar-refractivity contribution < 1.29 is 14.0 Å². The highest BCUT2D eigenvalue weighted by atomic mass is 19.1. The third-order valence-electron chi connectivity index (χ3n) is 2.17. The van der Waals surface area contributed by atoms with Crippen molar-refractivity contribution in [3.63, 3.8) is 0 Å². The Balaban J connectivity index is 2.32. The van der Waals surface area contributed by atoms with Crippen molar-refractivity contribution in [2.45, 2.75) is 0 Å². The maximum Gasteiger partial charge on any atom is 0.238 e. The van der Waals surface area contributed by atoms with Crippen molar-refractivity contribution in [1.29, 1.82) is 0 Å². The van der Waals surface area contributed by atoms with Gasteiger partial charge in [-0.05, 0) is 18.2 Å². The van der Waals surface area contributed by atoms with E-state index in [1.54, 1.807) is 20.2 Å². The summed E-state index contributed by atoms with van der Waals surface area (Å²) in [4.78, 5) is 24.1. The third kappa shape index (κ3) is 4.92. The number of amides is 2. The lowest BCUT2D eigenvalue weighted by Crippen LogP contribution is -2.37. The van der Waals surface area contributed by atoms with Gasteiger partial charge in [-0.25, -0.2) is 4.39 Å². The van der Waals surface area contributed by atoms with Crippen molar-refractivity contribution in [1.82, 2.24) is 10.2 Å².